The van der Waals surface area contributed by atoms with Crippen molar-refractivity contribution in [1.29, 1.82) is 0 Å². The van der Waals surface area contributed by atoms with Crippen LogP contribution in [0.1, 0.15) is 11.1 Å². The van der Waals surface area contributed by atoms with Crippen molar-refractivity contribution in [2.75, 3.05) is 0 Å². The molecular formula is C13H12ClFN2O. The van der Waals surface area contributed by atoms with Gasteiger partial charge in [0, 0.05) is 23.9 Å². The maximum atomic E-state index is 13.0. The lowest BCUT2D eigenvalue weighted by Crippen LogP contribution is -2.03. The van der Waals surface area contributed by atoms with Crippen LogP contribution in [0, 0.1) is 5.82 Å². The van der Waals surface area contributed by atoms with Gasteiger partial charge >= 0.3 is 0 Å². The molecule has 2 N–H and O–H groups in total. The molecule has 1 aromatic heterocycles. The number of aromatic nitrogens is 1. The molecular weight excluding hydrogens is 255 g/mol. The topological polar surface area (TPSA) is 48.1 Å². The minimum Gasteiger partial charge on any atom is -0.487 e. The zero-order valence-corrected chi connectivity index (χ0v) is 10.3. The Bertz CT molecular complexity index is 548. The normalized spacial score (nSPS) is 10.4. The molecule has 0 saturated carbocycles. The molecule has 0 aliphatic heterocycles. The molecule has 1 aromatic carbocycles. The lowest BCUT2D eigenvalue weighted by Gasteiger charge is -2.11. The van der Waals surface area contributed by atoms with Gasteiger partial charge in [0.1, 0.15) is 18.2 Å². The number of halogens is 2. The van der Waals surface area contributed by atoms with E-state index in [1.54, 1.807) is 18.3 Å². The van der Waals surface area contributed by atoms with Gasteiger partial charge in [0.25, 0.3) is 0 Å². The van der Waals surface area contributed by atoms with E-state index in [0.29, 0.717) is 22.9 Å². The lowest BCUT2D eigenvalue weighted by molar-refractivity contribution is 0.302. The maximum Gasteiger partial charge on any atom is 0.142 e. The molecule has 2 rings (SSSR count). The fourth-order valence-electron chi connectivity index (χ4n) is 1.57. The average molecular weight is 267 g/mol. The summed E-state index contributed by atoms with van der Waals surface area (Å²) in [5, 5.41) is 0.488. The number of pyridine rings is 1. The Labute approximate surface area is 109 Å². The molecule has 0 aliphatic rings. The average Bonchev–Trinajstić information content (AvgIpc) is 2.37. The Kier molecular flexibility index (Phi) is 4.12. The number of ether oxygens (including phenoxy) is 1. The largest absolute Gasteiger partial charge is 0.487 e. The Balaban J connectivity index is 2.15. The lowest BCUT2D eigenvalue weighted by atomic mass is 10.2. The van der Waals surface area contributed by atoms with Gasteiger partial charge in [0.15, 0.2) is 0 Å². The number of rotatable bonds is 4. The Morgan fingerprint density at radius 1 is 1.33 bits per heavy atom. The smallest absolute Gasteiger partial charge is 0.142 e. The second-order valence-electron chi connectivity index (χ2n) is 3.73. The first-order chi connectivity index (χ1) is 8.70. The van der Waals surface area contributed by atoms with E-state index < -0.39 is 5.82 Å². The zero-order valence-electron chi connectivity index (χ0n) is 9.57. The van der Waals surface area contributed by atoms with Crippen LogP contribution in [0.5, 0.6) is 5.75 Å². The first kappa shape index (κ1) is 12.8. The third-order valence-electron chi connectivity index (χ3n) is 2.41. The summed E-state index contributed by atoms with van der Waals surface area (Å²) in [7, 11) is 0. The minimum absolute atomic E-state index is 0.196. The van der Waals surface area contributed by atoms with Crippen LogP contribution in [0.4, 0.5) is 4.39 Å². The molecule has 0 bridgehead atoms. The predicted molar refractivity (Wildman–Crippen MR) is 67.9 cm³/mol. The summed E-state index contributed by atoms with van der Waals surface area (Å²) in [5.74, 6) is 0.139. The van der Waals surface area contributed by atoms with Crippen LogP contribution in [0.3, 0.4) is 0 Å². The van der Waals surface area contributed by atoms with Gasteiger partial charge in [-0.2, -0.15) is 0 Å². The molecule has 94 valence electrons. The fourth-order valence-corrected chi connectivity index (χ4v) is 1.81. The van der Waals surface area contributed by atoms with Gasteiger partial charge < -0.3 is 10.5 Å². The van der Waals surface area contributed by atoms with E-state index >= 15 is 0 Å². The van der Waals surface area contributed by atoms with Crippen LogP contribution in [0.15, 0.2) is 36.7 Å². The SMILES string of the molecule is NCc1cccc(Cl)c1OCc1cncc(F)c1. The van der Waals surface area contributed by atoms with E-state index in [1.807, 2.05) is 6.07 Å². The van der Waals surface area contributed by atoms with Crippen molar-refractivity contribution in [2.45, 2.75) is 13.2 Å². The highest BCUT2D eigenvalue weighted by atomic mass is 35.5. The summed E-state index contributed by atoms with van der Waals surface area (Å²) in [6, 6.07) is 6.73. The molecule has 0 atom stereocenters. The standard InChI is InChI=1S/C13H12ClFN2O/c14-12-3-1-2-10(5-16)13(12)18-8-9-4-11(15)7-17-6-9/h1-4,6-7H,5,8,16H2. The molecule has 0 radical (unpaired) electrons. The molecule has 2 aromatic rings. The number of hydrogen-bond donors (Lipinski definition) is 1. The fraction of sp³-hybridized carbons (Fsp3) is 0.154. The molecule has 3 nitrogen and oxygen atoms in total. The summed E-state index contributed by atoms with van der Waals surface area (Å²) < 4.78 is 18.5. The number of benzene rings is 1. The maximum absolute atomic E-state index is 13.0. The monoisotopic (exact) mass is 266 g/mol. The van der Waals surface area contributed by atoms with Crippen molar-refractivity contribution in [3.05, 3.63) is 58.6 Å². The second-order valence-corrected chi connectivity index (χ2v) is 4.14. The van der Waals surface area contributed by atoms with Gasteiger partial charge in [0.2, 0.25) is 0 Å². The number of nitrogens with two attached hydrogens (primary N) is 1. The van der Waals surface area contributed by atoms with Crippen molar-refractivity contribution in [3.63, 3.8) is 0 Å². The Morgan fingerprint density at radius 2 is 2.17 bits per heavy atom. The third-order valence-corrected chi connectivity index (χ3v) is 2.71. The van der Waals surface area contributed by atoms with Gasteiger partial charge in [-0.1, -0.05) is 23.7 Å². The van der Waals surface area contributed by atoms with Crippen molar-refractivity contribution in [2.24, 2.45) is 5.73 Å². The highest BCUT2D eigenvalue weighted by molar-refractivity contribution is 6.32. The molecule has 0 fully saturated rings. The van der Waals surface area contributed by atoms with Crippen molar-refractivity contribution < 1.29 is 9.13 Å². The summed E-state index contributed by atoms with van der Waals surface area (Å²) in [6.07, 6.45) is 2.69. The molecule has 18 heavy (non-hydrogen) atoms. The van der Waals surface area contributed by atoms with Crippen molar-refractivity contribution in [3.8, 4) is 5.75 Å². The van der Waals surface area contributed by atoms with Crippen LogP contribution in [0.25, 0.3) is 0 Å². The predicted octanol–water partition coefficient (Wildman–Crippen LogP) is 2.91. The van der Waals surface area contributed by atoms with Crippen LogP contribution >= 0.6 is 11.6 Å². The summed E-state index contributed by atoms with van der Waals surface area (Å²) >= 11 is 6.04. The van der Waals surface area contributed by atoms with Gasteiger partial charge in [-0.25, -0.2) is 4.39 Å². The summed E-state index contributed by atoms with van der Waals surface area (Å²) in [6.45, 7) is 0.527. The van der Waals surface area contributed by atoms with E-state index in [1.165, 1.54) is 6.07 Å². The van der Waals surface area contributed by atoms with E-state index in [-0.39, 0.29) is 6.61 Å². The van der Waals surface area contributed by atoms with Gasteiger partial charge in [-0.05, 0) is 12.1 Å². The van der Waals surface area contributed by atoms with Crippen molar-refractivity contribution in [1.82, 2.24) is 4.98 Å². The molecule has 0 amide bonds. The van der Waals surface area contributed by atoms with E-state index in [0.717, 1.165) is 11.8 Å². The Morgan fingerprint density at radius 3 is 2.89 bits per heavy atom. The highest BCUT2D eigenvalue weighted by Gasteiger charge is 2.07. The molecule has 0 unspecified atom stereocenters. The molecule has 0 spiro atoms. The van der Waals surface area contributed by atoms with E-state index in [2.05, 4.69) is 4.98 Å². The highest BCUT2D eigenvalue weighted by Crippen LogP contribution is 2.29. The quantitative estimate of drug-likeness (QED) is 0.926. The molecule has 1 heterocycles. The third kappa shape index (κ3) is 2.97. The first-order valence-corrected chi connectivity index (χ1v) is 5.78. The first-order valence-electron chi connectivity index (χ1n) is 5.40. The van der Waals surface area contributed by atoms with E-state index in [9.17, 15) is 4.39 Å². The molecule has 0 aliphatic carbocycles. The minimum atomic E-state index is -0.394. The molecule has 5 heteroatoms. The van der Waals surface area contributed by atoms with Crippen LogP contribution in [0.2, 0.25) is 5.02 Å². The summed E-state index contributed by atoms with van der Waals surface area (Å²) in [4.78, 5) is 3.75. The van der Waals surface area contributed by atoms with Gasteiger partial charge in [-0.15, -0.1) is 0 Å². The van der Waals surface area contributed by atoms with E-state index in [4.69, 9.17) is 22.1 Å². The Hall–Kier alpha value is -1.65. The number of hydrogen-bond acceptors (Lipinski definition) is 3. The number of para-hydroxylation sites is 1. The van der Waals surface area contributed by atoms with Crippen LogP contribution in [-0.2, 0) is 13.2 Å². The van der Waals surface area contributed by atoms with Gasteiger partial charge in [0.05, 0.1) is 11.2 Å². The summed E-state index contributed by atoms with van der Waals surface area (Å²) in [5.41, 5.74) is 7.05. The van der Waals surface area contributed by atoms with Crippen LogP contribution < -0.4 is 10.5 Å². The van der Waals surface area contributed by atoms with Gasteiger partial charge in [-0.3, -0.25) is 4.98 Å². The molecule has 0 saturated heterocycles. The zero-order chi connectivity index (χ0) is 13.0. The second kappa shape index (κ2) is 5.80. The van der Waals surface area contributed by atoms with Crippen molar-refractivity contribution >= 4 is 11.6 Å². The van der Waals surface area contributed by atoms with Crippen LogP contribution in [-0.4, -0.2) is 4.98 Å². The number of nitrogens with zero attached hydrogens (tertiary/aromatic N) is 1.